The molecule has 150 valence electrons. The maximum absolute atomic E-state index is 13.2. The fourth-order valence-corrected chi connectivity index (χ4v) is 3.52. The number of aromatic nitrogens is 2. The lowest BCUT2D eigenvalue weighted by molar-refractivity contribution is 0.102. The third kappa shape index (κ3) is 4.08. The van der Waals surface area contributed by atoms with Gasteiger partial charge in [-0.15, -0.1) is 0 Å². The summed E-state index contributed by atoms with van der Waals surface area (Å²) in [7, 11) is 0. The smallest absolute Gasteiger partial charge is 0.261 e. The Morgan fingerprint density at radius 3 is 2.50 bits per heavy atom. The molecule has 4 aromatic rings. The minimum atomic E-state index is -0.289. The van der Waals surface area contributed by atoms with E-state index in [2.05, 4.69) is 10.3 Å². The largest absolute Gasteiger partial charge is 0.322 e. The van der Waals surface area contributed by atoms with Gasteiger partial charge >= 0.3 is 0 Å². The SMILES string of the molecule is Cc1nc2ccc(NC(=O)c3ccc(Cl)cc3)cc2c(=O)n1Cc1ccccc1Cl. The first-order chi connectivity index (χ1) is 14.4. The fraction of sp³-hybridized carbons (Fsp3) is 0.0870. The molecule has 0 aliphatic heterocycles. The van der Waals surface area contributed by atoms with E-state index >= 15 is 0 Å². The average Bonchev–Trinajstić information content (AvgIpc) is 2.73. The number of amides is 1. The predicted molar refractivity (Wildman–Crippen MR) is 121 cm³/mol. The van der Waals surface area contributed by atoms with Crippen LogP contribution < -0.4 is 10.9 Å². The van der Waals surface area contributed by atoms with Crippen molar-refractivity contribution >= 4 is 45.7 Å². The molecule has 4 rings (SSSR count). The zero-order valence-corrected chi connectivity index (χ0v) is 17.5. The van der Waals surface area contributed by atoms with Gasteiger partial charge < -0.3 is 5.32 Å². The lowest BCUT2D eigenvalue weighted by Crippen LogP contribution is -2.24. The van der Waals surface area contributed by atoms with Crippen molar-refractivity contribution < 1.29 is 4.79 Å². The number of anilines is 1. The van der Waals surface area contributed by atoms with Gasteiger partial charge in [-0.25, -0.2) is 4.98 Å². The van der Waals surface area contributed by atoms with E-state index in [1.807, 2.05) is 18.2 Å². The van der Waals surface area contributed by atoms with Crippen LogP contribution in [0.3, 0.4) is 0 Å². The van der Waals surface area contributed by atoms with Crippen LogP contribution in [0.5, 0.6) is 0 Å². The van der Waals surface area contributed by atoms with Crippen LogP contribution in [0, 0.1) is 6.92 Å². The molecule has 0 atom stereocenters. The van der Waals surface area contributed by atoms with Crippen LogP contribution in [-0.4, -0.2) is 15.5 Å². The lowest BCUT2D eigenvalue weighted by atomic mass is 10.1. The van der Waals surface area contributed by atoms with Gasteiger partial charge in [0, 0.05) is 21.3 Å². The van der Waals surface area contributed by atoms with Crippen molar-refractivity contribution in [3.05, 3.63) is 104 Å². The summed E-state index contributed by atoms with van der Waals surface area (Å²) in [5, 5.41) is 4.37. The lowest BCUT2D eigenvalue weighted by Gasteiger charge is -2.13. The Morgan fingerprint density at radius 1 is 1.03 bits per heavy atom. The van der Waals surface area contributed by atoms with Gasteiger partial charge in [0.1, 0.15) is 5.82 Å². The molecule has 0 aliphatic rings. The van der Waals surface area contributed by atoms with Crippen LogP contribution in [0.2, 0.25) is 10.0 Å². The Morgan fingerprint density at radius 2 is 1.77 bits per heavy atom. The molecular weight excluding hydrogens is 421 g/mol. The molecule has 1 amide bonds. The monoisotopic (exact) mass is 437 g/mol. The molecule has 1 aromatic heterocycles. The zero-order chi connectivity index (χ0) is 21.3. The number of nitrogens with one attached hydrogen (secondary N) is 1. The van der Waals surface area contributed by atoms with Gasteiger partial charge in [0.05, 0.1) is 17.4 Å². The zero-order valence-electron chi connectivity index (χ0n) is 16.0. The van der Waals surface area contributed by atoms with E-state index in [4.69, 9.17) is 23.2 Å². The number of aryl methyl sites for hydroxylation is 1. The molecule has 1 heterocycles. The van der Waals surface area contributed by atoms with Crippen molar-refractivity contribution in [2.24, 2.45) is 0 Å². The molecule has 0 saturated carbocycles. The minimum absolute atomic E-state index is 0.194. The van der Waals surface area contributed by atoms with Gasteiger partial charge in [0.2, 0.25) is 0 Å². The van der Waals surface area contributed by atoms with Gasteiger partial charge in [-0.2, -0.15) is 0 Å². The van der Waals surface area contributed by atoms with Crippen molar-refractivity contribution in [2.45, 2.75) is 13.5 Å². The number of benzene rings is 3. The molecule has 0 saturated heterocycles. The fourth-order valence-electron chi connectivity index (χ4n) is 3.20. The van der Waals surface area contributed by atoms with E-state index < -0.39 is 0 Å². The third-order valence-corrected chi connectivity index (χ3v) is 5.42. The summed E-state index contributed by atoms with van der Waals surface area (Å²) < 4.78 is 1.58. The van der Waals surface area contributed by atoms with Gasteiger partial charge in [0.25, 0.3) is 11.5 Å². The number of nitrogens with zero attached hydrogens (tertiary/aromatic N) is 2. The van der Waals surface area contributed by atoms with Gasteiger partial charge in [-0.1, -0.05) is 41.4 Å². The number of hydrogen-bond acceptors (Lipinski definition) is 3. The normalized spacial score (nSPS) is 10.9. The molecule has 7 heteroatoms. The third-order valence-electron chi connectivity index (χ3n) is 4.80. The maximum Gasteiger partial charge on any atom is 0.261 e. The number of rotatable bonds is 4. The number of hydrogen-bond donors (Lipinski definition) is 1. The average molecular weight is 438 g/mol. The molecule has 0 aliphatic carbocycles. The highest BCUT2D eigenvalue weighted by molar-refractivity contribution is 6.31. The van der Waals surface area contributed by atoms with E-state index in [9.17, 15) is 9.59 Å². The molecule has 0 radical (unpaired) electrons. The Kier molecular flexibility index (Phi) is 5.57. The van der Waals surface area contributed by atoms with Crippen LogP contribution in [-0.2, 0) is 6.54 Å². The molecule has 30 heavy (non-hydrogen) atoms. The van der Waals surface area contributed by atoms with Crippen LogP contribution >= 0.6 is 23.2 Å². The highest BCUT2D eigenvalue weighted by atomic mass is 35.5. The number of fused-ring (bicyclic) bond motifs is 1. The molecular formula is C23H17Cl2N3O2. The van der Waals surface area contributed by atoms with Crippen LogP contribution in [0.15, 0.2) is 71.5 Å². The number of carbonyl (C=O) groups excluding carboxylic acids is 1. The first-order valence-corrected chi connectivity index (χ1v) is 9.99. The standard InChI is InChI=1S/C23H17Cl2N3O2/c1-14-26-21-11-10-18(27-22(29)15-6-8-17(24)9-7-15)12-19(21)23(30)28(14)13-16-4-2-3-5-20(16)25/h2-12H,13H2,1H3,(H,27,29). The molecule has 5 nitrogen and oxygen atoms in total. The van der Waals surface area contributed by atoms with Crippen LogP contribution in [0.1, 0.15) is 21.7 Å². The molecule has 0 unspecified atom stereocenters. The van der Waals surface area contributed by atoms with Crippen molar-refractivity contribution in [1.29, 1.82) is 0 Å². The topological polar surface area (TPSA) is 64.0 Å². The Bertz CT molecular complexity index is 1310. The summed E-state index contributed by atoms with van der Waals surface area (Å²) >= 11 is 12.1. The van der Waals surface area contributed by atoms with Crippen molar-refractivity contribution in [2.75, 3.05) is 5.32 Å². The van der Waals surface area contributed by atoms with E-state index in [0.717, 1.165) is 5.56 Å². The quantitative estimate of drug-likeness (QED) is 0.470. The highest BCUT2D eigenvalue weighted by Gasteiger charge is 2.12. The molecule has 0 fully saturated rings. The Balaban J connectivity index is 1.69. The Labute approximate surface area is 182 Å². The van der Waals surface area contributed by atoms with E-state index in [-0.39, 0.29) is 11.5 Å². The van der Waals surface area contributed by atoms with Gasteiger partial charge in [-0.3, -0.25) is 14.2 Å². The molecule has 1 N–H and O–H groups in total. The second-order valence-electron chi connectivity index (χ2n) is 6.83. The van der Waals surface area contributed by atoms with Crippen molar-refractivity contribution in [1.82, 2.24) is 9.55 Å². The van der Waals surface area contributed by atoms with Crippen molar-refractivity contribution in [3.8, 4) is 0 Å². The summed E-state index contributed by atoms with van der Waals surface area (Å²) in [5.41, 5.74) is 2.18. The van der Waals surface area contributed by atoms with E-state index in [1.165, 1.54) is 0 Å². The van der Waals surface area contributed by atoms with Gasteiger partial charge in [-0.05, 0) is 61.0 Å². The Hall–Kier alpha value is -3.15. The van der Waals surface area contributed by atoms with Crippen LogP contribution in [0.4, 0.5) is 5.69 Å². The molecule has 0 bridgehead atoms. The molecule has 0 spiro atoms. The highest BCUT2D eigenvalue weighted by Crippen LogP contribution is 2.19. The predicted octanol–water partition coefficient (Wildman–Crippen LogP) is 5.31. The summed E-state index contributed by atoms with van der Waals surface area (Å²) in [5.74, 6) is 0.299. The van der Waals surface area contributed by atoms with E-state index in [1.54, 1.807) is 60.0 Å². The summed E-state index contributed by atoms with van der Waals surface area (Å²) in [6, 6.07) is 19.0. The van der Waals surface area contributed by atoms with E-state index in [0.29, 0.717) is 44.6 Å². The summed E-state index contributed by atoms with van der Waals surface area (Å²) in [6.45, 7) is 2.10. The first kappa shape index (κ1) is 20.1. The maximum atomic E-state index is 13.2. The van der Waals surface area contributed by atoms with Crippen molar-refractivity contribution in [3.63, 3.8) is 0 Å². The van der Waals surface area contributed by atoms with Gasteiger partial charge in [0.15, 0.2) is 0 Å². The summed E-state index contributed by atoms with van der Waals surface area (Å²) in [6.07, 6.45) is 0. The second-order valence-corrected chi connectivity index (χ2v) is 7.68. The minimum Gasteiger partial charge on any atom is -0.322 e. The molecule has 3 aromatic carbocycles. The second kappa shape index (κ2) is 8.30. The first-order valence-electron chi connectivity index (χ1n) is 9.24. The van der Waals surface area contributed by atoms with Crippen LogP contribution in [0.25, 0.3) is 10.9 Å². The number of carbonyl (C=O) groups is 1. The number of halogens is 2. The summed E-state index contributed by atoms with van der Waals surface area (Å²) in [4.78, 5) is 30.2.